The van der Waals surface area contributed by atoms with Gasteiger partial charge in [-0.3, -0.25) is 0 Å². The largest absolute Gasteiger partial charge is 0.378 e. The van der Waals surface area contributed by atoms with Crippen LogP contribution in [0.5, 0.6) is 0 Å². The van der Waals surface area contributed by atoms with Crippen LogP contribution in [0.3, 0.4) is 0 Å². The number of hydrogen-bond acceptors (Lipinski definition) is 2. The molecule has 78 valence electrons. The van der Waals surface area contributed by atoms with Gasteiger partial charge in [-0.2, -0.15) is 0 Å². The molecular weight excluding hydrogens is 244 g/mol. The third-order valence-electron chi connectivity index (χ3n) is 2.80. The van der Waals surface area contributed by atoms with Gasteiger partial charge in [-0.1, -0.05) is 15.9 Å². The highest BCUT2D eigenvalue weighted by Gasteiger charge is 2.24. The number of ether oxygens (including phenoxy) is 1. The normalized spacial score (nSPS) is 27.0. The highest BCUT2D eigenvalue weighted by molar-refractivity contribution is 9.08. The molecule has 3 nitrogen and oxygen atoms in total. The summed E-state index contributed by atoms with van der Waals surface area (Å²) >= 11 is 3.39. The fourth-order valence-corrected chi connectivity index (χ4v) is 2.15. The summed E-state index contributed by atoms with van der Waals surface area (Å²) in [7, 11) is 0. The number of nitrogens with zero attached hydrogens (tertiary/aromatic N) is 2. The van der Waals surface area contributed by atoms with Crippen LogP contribution in [-0.2, 0) is 16.6 Å². The molecular formula is C10H15BrN2O. The Morgan fingerprint density at radius 1 is 1.71 bits per heavy atom. The van der Waals surface area contributed by atoms with E-state index in [0.29, 0.717) is 12.0 Å². The number of hydrogen-bond donors (Lipinski definition) is 0. The molecule has 1 aromatic heterocycles. The van der Waals surface area contributed by atoms with E-state index in [2.05, 4.69) is 38.6 Å². The van der Waals surface area contributed by atoms with E-state index in [-0.39, 0.29) is 0 Å². The van der Waals surface area contributed by atoms with Crippen LogP contribution in [0.1, 0.15) is 19.0 Å². The van der Waals surface area contributed by atoms with Gasteiger partial charge in [0, 0.05) is 30.6 Å². The lowest BCUT2D eigenvalue weighted by atomic mass is 10.0. The number of alkyl halides is 1. The van der Waals surface area contributed by atoms with Crippen molar-refractivity contribution in [2.45, 2.75) is 31.3 Å². The van der Waals surface area contributed by atoms with Crippen molar-refractivity contribution in [2.75, 3.05) is 6.61 Å². The SMILES string of the molecule is CC1OCCC1Cn1cnc(CBr)c1. The first-order valence-corrected chi connectivity index (χ1v) is 6.10. The fourth-order valence-electron chi connectivity index (χ4n) is 1.86. The third kappa shape index (κ3) is 2.17. The van der Waals surface area contributed by atoms with Gasteiger partial charge < -0.3 is 9.30 Å². The zero-order valence-corrected chi connectivity index (χ0v) is 9.90. The van der Waals surface area contributed by atoms with E-state index >= 15 is 0 Å². The first-order chi connectivity index (χ1) is 6.79. The Hall–Kier alpha value is -0.350. The average Bonchev–Trinajstić information content (AvgIpc) is 2.77. The minimum atomic E-state index is 0.393. The first-order valence-electron chi connectivity index (χ1n) is 4.98. The molecule has 0 amide bonds. The van der Waals surface area contributed by atoms with Crippen LogP contribution < -0.4 is 0 Å². The predicted molar refractivity (Wildman–Crippen MR) is 58.4 cm³/mol. The molecule has 1 aliphatic rings. The molecule has 14 heavy (non-hydrogen) atoms. The smallest absolute Gasteiger partial charge is 0.0949 e. The number of imidazole rings is 1. The molecule has 2 atom stereocenters. The van der Waals surface area contributed by atoms with Crippen molar-refractivity contribution in [2.24, 2.45) is 5.92 Å². The maximum Gasteiger partial charge on any atom is 0.0949 e. The molecule has 0 aromatic carbocycles. The van der Waals surface area contributed by atoms with E-state index in [0.717, 1.165) is 24.2 Å². The van der Waals surface area contributed by atoms with Crippen LogP contribution in [0.4, 0.5) is 0 Å². The van der Waals surface area contributed by atoms with Crippen molar-refractivity contribution < 1.29 is 4.74 Å². The Morgan fingerprint density at radius 2 is 2.57 bits per heavy atom. The summed E-state index contributed by atoms with van der Waals surface area (Å²) in [6.07, 6.45) is 5.56. The first kappa shape index (κ1) is 10.2. The van der Waals surface area contributed by atoms with Crippen molar-refractivity contribution in [3.05, 3.63) is 18.2 Å². The average molecular weight is 259 g/mol. The lowest BCUT2D eigenvalue weighted by Gasteiger charge is -2.13. The molecule has 2 heterocycles. The third-order valence-corrected chi connectivity index (χ3v) is 3.38. The second kappa shape index (κ2) is 4.45. The number of aromatic nitrogens is 2. The zero-order valence-electron chi connectivity index (χ0n) is 8.32. The lowest BCUT2D eigenvalue weighted by Crippen LogP contribution is -2.16. The lowest BCUT2D eigenvalue weighted by molar-refractivity contribution is 0.102. The molecule has 0 N–H and O–H groups in total. The van der Waals surface area contributed by atoms with Gasteiger partial charge in [0.1, 0.15) is 0 Å². The van der Waals surface area contributed by atoms with E-state index < -0.39 is 0 Å². The Kier molecular flexibility index (Phi) is 3.23. The van der Waals surface area contributed by atoms with Crippen molar-refractivity contribution in [3.8, 4) is 0 Å². The Bertz CT molecular complexity index is 300. The Labute approximate surface area is 92.6 Å². The van der Waals surface area contributed by atoms with Crippen molar-refractivity contribution in [3.63, 3.8) is 0 Å². The van der Waals surface area contributed by atoms with Crippen LogP contribution >= 0.6 is 15.9 Å². The second-order valence-corrected chi connectivity index (χ2v) is 4.38. The molecule has 1 aromatic rings. The highest BCUT2D eigenvalue weighted by Crippen LogP contribution is 2.22. The molecule has 0 bridgehead atoms. The quantitative estimate of drug-likeness (QED) is 0.778. The summed E-state index contributed by atoms with van der Waals surface area (Å²) in [5.41, 5.74) is 1.09. The van der Waals surface area contributed by atoms with Gasteiger partial charge >= 0.3 is 0 Å². The van der Waals surface area contributed by atoms with Crippen LogP contribution in [0.25, 0.3) is 0 Å². The summed E-state index contributed by atoms with van der Waals surface area (Å²) in [5, 5.41) is 0.830. The highest BCUT2D eigenvalue weighted by atomic mass is 79.9. The van der Waals surface area contributed by atoms with E-state index in [1.54, 1.807) is 0 Å². The van der Waals surface area contributed by atoms with Gasteiger partial charge in [0.25, 0.3) is 0 Å². The van der Waals surface area contributed by atoms with Crippen molar-refractivity contribution in [1.82, 2.24) is 9.55 Å². The molecule has 4 heteroatoms. The molecule has 1 aliphatic heterocycles. The molecule has 1 saturated heterocycles. The van der Waals surface area contributed by atoms with E-state index in [9.17, 15) is 0 Å². The summed E-state index contributed by atoms with van der Waals surface area (Å²) < 4.78 is 7.69. The van der Waals surface area contributed by atoms with E-state index in [4.69, 9.17) is 4.74 Å². The number of rotatable bonds is 3. The Balaban J connectivity index is 1.96. The molecule has 0 aliphatic carbocycles. The van der Waals surface area contributed by atoms with Crippen molar-refractivity contribution >= 4 is 15.9 Å². The maximum absolute atomic E-state index is 5.53. The van der Waals surface area contributed by atoms with E-state index in [1.807, 2.05) is 6.33 Å². The summed E-state index contributed by atoms with van der Waals surface area (Å²) in [4.78, 5) is 4.28. The molecule has 0 spiro atoms. The Morgan fingerprint density at radius 3 is 3.14 bits per heavy atom. The van der Waals surface area contributed by atoms with Gasteiger partial charge in [-0.05, 0) is 13.3 Å². The summed E-state index contributed by atoms with van der Waals surface area (Å²) in [5.74, 6) is 0.646. The molecule has 0 radical (unpaired) electrons. The minimum absolute atomic E-state index is 0.393. The standard InChI is InChI=1S/C10H15BrN2O/c1-8-9(2-3-14-8)5-13-6-10(4-11)12-7-13/h6-9H,2-5H2,1H3. The summed E-state index contributed by atoms with van der Waals surface area (Å²) in [6.45, 7) is 4.09. The predicted octanol–water partition coefficient (Wildman–Crippen LogP) is 2.20. The molecule has 1 fully saturated rings. The molecule has 2 rings (SSSR count). The van der Waals surface area contributed by atoms with Crippen molar-refractivity contribution in [1.29, 1.82) is 0 Å². The minimum Gasteiger partial charge on any atom is -0.378 e. The second-order valence-electron chi connectivity index (χ2n) is 3.82. The maximum atomic E-state index is 5.53. The number of halogens is 1. The fraction of sp³-hybridized carbons (Fsp3) is 0.700. The van der Waals surface area contributed by atoms with Gasteiger partial charge in [-0.15, -0.1) is 0 Å². The molecule has 0 saturated carbocycles. The van der Waals surface area contributed by atoms with Gasteiger partial charge in [-0.25, -0.2) is 4.98 Å². The van der Waals surface area contributed by atoms with Crippen LogP contribution in [0, 0.1) is 5.92 Å². The molecule has 2 unspecified atom stereocenters. The topological polar surface area (TPSA) is 27.1 Å². The van der Waals surface area contributed by atoms with Gasteiger partial charge in [0.15, 0.2) is 0 Å². The van der Waals surface area contributed by atoms with Gasteiger partial charge in [0.2, 0.25) is 0 Å². The van der Waals surface area contributed by atoms with Crippen LogP contribution in [0.15, 0.2) is 12.5 Å². The monoisotopic (exact) mass is 258 g/mol. The summed E-state index contributed by atoms with van der Waals surface area (Å²) in [6, 6.07) is 0. The van der Waals surface area contributed by atoms with E-state index in [1.165, 1.54) is 6.42 Å². The van der Waals surface area contributed by atoms with Crippen LogP contribution in [-0.4, -0.2) is 22.3 Å². The zero-order chi connectivity index (χ0) is 9.97. The van der Waals surface area contributed by atoms with Gasteiger partial charge in [0.05, 0.1) is 18.1 Å². The van der Waals surface area contributed by atoms with Crippen LogP contribution in [0.2, 0.25) is 0 Å².